The molecule has 0 radical (unpaired) electrons. The Kier molecular flexibility index (Phi) is 3.87. The zero-order valence-corrected chi connectivity index (χ0v) is 11.2. The summed E-state index contributed by atoms with van der Waals surface area (Å²) in [6, 6.07) is 8.31. The molecule has 0 aliphatic rings. The molecule has 0 aliphatic carbocycles. The van der Waals surface area contributed by atoms with Crippen LogP contribution >= 0.6 is 12.2 Å². The molecule has 1 aromatic carbocycles. The number of hydrogen-bond acceptors (Lipinski definition) is 2. The van der Waals surface area contributed by atoms with E-state index in [1.54, 1.807) is 12.1 Å². The predicted molar refractivity (Wildman–Crippen MR) is 72.7 cm³/mol. The van der Waals surface area contributed by atoms with Crippen molar-refractivity contribution in [1.82, 2.24) is 9.97 Å². The zero-order chi connectivity index (χ0) is 13.1. The third kappa shape index (κ3) is 3.23. The second-order valence-corrected chi connectivity index (χ2v) is 5.00. The summed E-state index contributed by atoms with van der Waals surface area (Å²) in [5, 5.41) is 0. The van der Waals surface area contributed by atoms with E-state index in [0.29, 0.717) is 17.0 Å². The Hall–Kier alpha value is -1.55. The van der Waals surface area contributed by atoms with Crippen molar-refractivity contribution in [1.29, 1.82) is 0 Å². The minimum Gasteiger partial charge on any atom is -0.347 e. The highest BCUT2D eigenvalue weighted by molar-refractivity contribution is 7.71. The maximum absolute atomic E-state index is 12.8. The maximum Gasteiger partial charge on any atom is 0.130 e. The van der Waals surface area contributed by atoms with E-state index >= 15 is 0 Å². The van der Waals surface area contributed by atoms with Gasteiger partial charge in [0, 0.05) is 12.1 Å². The first-order chi connectivity index (χ1) is 8.54. The van der Waals surface area contributed by atoms with Gasteiger partial charge in [0.1, 0.15) is 16.3 Å². The molecule has 1 aromatic heterocycles. The fourth-order valence-electron chi connectivity index (χ4n) is 1.72. The van der Waals surface area contributed by atoms with Gasteiger partial charge in [0.2, 0.25) is 0 Å². The largest absolute Gasteiger partial charge is 0.347 e. The summed E-state index contributed by atoms with van der Waals surface area (Å²) < 4.78 is 13.4. The Morgan fingerprint density at radius 3 is 2.56 bits per heavy atom. The highest BCUT2D eigenvalue weighted by Gasteiger charge is 2.04. The van der Waals surface area contributed by atoms with Crippen LogP contribution in [-0.2, 0) is 6.42 Å². The van der Waals surface area contributed by atoms with Gasteiger partial charge in [0.05, 0.1) is 0 Å². The minimum absolute atomic E-state index is 0.226. The molecule has 0 atom stereocenters. The summed E-state index contributed by atoms with van der Waals surface area (Å²) in [5.41, 5.74) is 2.09. The molecule has 2 nitrogen and oxygen atoms in total. The average Bonchev–Trinajstić information content (AvgIpc) is 2.31. The van der Waals surface area contributed by atoms with Crippen molar-refractivity contribution in [3.63, 3.8) is 0 Å². The first-order valence-electron chi connectivity index (χ1n) is 5.89. The van der Waals surface area contributed by atoms with Crippen LogP contribution in [0.15, 0.2) is 30.3 Å². The van der Waals surface area contributed by atoms with Crippen LogP contribution in [0.5, 0.6) is 0 Å². The van der Waals surface area contributed by atoms with Crippen LogP contribution in [0.2, 0.25) is 0 Å². The van der Waals surface area contributed by atoms with E-state index in [2.05, 4.69) is 23.8 Å². The van der Waals surface area contributed by atoms with Crippen LogP contribution in [-0.4, -0.2) is 9.97 Å². The fourth-order valence-corrected chi connectivity index (χ4v) is 1.96. The van der Waals surface area contributed by atoms with Gasteiger partial charge in [-0.05, 0) is 29.7 Å². The number of rotatable bonds is 3. The molecule has 2 rings (SSSR count). The Morgan fingerprint density at radius 1 is 1.28 bits per heavy atom. The SMILES string of the molecule is CC(C)c1cc(=S)nc(Cc2ccc(F)cc2)[nH]1. The lowest BCUT2D eigenvalue weighted by molar-refractivity contribution is 0.627. The Bertz CT molecular complexity index is 587. The minimum atomic E-state index is -0.226. The summed E-state index contributed by atoms with van der Waals surface area (Å²) in [5.74, 6) is 0.968. The first kappa shape index (κ1) is 12.9. The van der Waals surface area contributed by atoms with Gasteiger partial charge < -0.3 is 4.98 Å². The van der Waals surface area contributed by atoms with Crippen LogP contribution in [0.4, 0.5) is 4.39 Å². The summed E-state index contributed by atoms with van der Waals surface area (Å²) in [6.07, 6.45) is 0.629. The molecule has 0 amide bonds. The normalized spacial score (nSPS) is 10.9. The Balaban J connectivity index is 2.28. The number of benzene rings is 1. The number of nitrogens with zero attached hydrogens (tertiary/aromatic N) is 1. The lowest BCUT2D eigenvalue weighted by Crippen LogP contribution is -2.02. The number of nitrogens with one attached hydrogen (secondary N) is 1. The van der Waals surface area contributed by atoms with Gasteiger partial charge >= 0.3 is 0 Å². The quantitative estimate of drug-likeness (QED) is 0.847. The Morgan fingerprint density at radius 2 is 1.94 bits per heavy atom. The van der Waals surface area contributed by atoms with E-state index in [4.69, 9.17) is 12.2 Å². The van der Waals surface area contributed by atoms with Gasteiger partial charge in [0.15, 0.2) is 0 Å². The van der Waals surface area contributed by atoms with Crippen molar-refractivity contribution in [3.8, 4) is 0 Å². The molecular formula is C14H15FN2S. The number of aromatic nitrogens is 2. The zero-order valence-electron chi connectivity index (χ0n) is 10.4. The molecule has 2 aromatic rings. The van der Waals surface area contributed by atoms with Gasteiger partial charge in [-0.1, -0.05) is 38.2 Å². The molecule has 94 valence electrons. The van der Waals surface area contributed by atoms with Crippen molar-refractivity contribution in [2.24, 2.45) is 0 Å². The van der Waals surface area contributed by atoms with Crippen molar-refractivity contribution < 1.29 is 4.39 Å². The number of H-pyrrole nitrogens is 1. The van der Waals surface area contributed by atoms with Gasteiger partial charge in [0.25, 0.3) is 0 Å². The van der Waals surface area contributed by atoms with Crippen molar-refractivity contribution in [2.75, 3.05) is 0 Å². The third-order valence-corrected chi connectivity index (χ3v) is 2.93. The van der Waals surface area contributed by atoms with Crippen molar-refractivity contribution in [2.45, 2.75) is 26.2 Å². The van der Waals surface area contributed by atoms with E-state index in [1.165, 1.54) is 12.1 Å². The van der Waals surface area contributed by atoms with Crippen LogP contribution in [0.3, 0.4) is 0 Å². The second kappa shape index (κ2) is 5.40. The standard InChI is InChI=1S/C14H15FN2S/c1-9(2)12-8-14(18)17-13(16-12)7-10-3-5-11(15)6-4-10/h3-6,8-9H,7H2,1-2H3,(H,16,17,18). The molecule has 18 heavy (non-hydrogen) atoms. The van der Waals surface area contributed by atoms with E-state index in [0.717, 1.165) is 17.1 Å². The topological polar surface area (TPSA) is 28.7 Å². The molecule has 0 fully saturated rings. The maximum atomic E-state index is 12.8. The van der Waals surface area contributed by atoms with E-state index < -0.39 is 0 Å². The molecule has 0 spiro atoms. The van der Waals surface area contributed by atoms with Gasteiger partial charge in [-0.25, -0.2) is 9.37 Å². The third-order valence-electron chi connectivity index (χ3n) is 2.72. The van der Waals surface area contributed by atoms with Crippen LogP contribution in [0.25, 0.3) is 0 Å². The highest BCUT2D eigenvalue weighted by atomic mass is 32.1. The monoisotopic (exact) mass is 262 g/mol. The van der Waals surface area contributed by atoms with Gasteiger partial charge in [-0.2, -0.15) is 0 Å². The van der Waals surface area contributed by atoms with Crippen LogP contribution in [0, 0.1) is 10.5 Å². The molecule has 1 N–H and O–H groups in total. The molecule has 0 saturated heterocycles. The molecule has 0 unspecified atom stereocenters. The predicted octanol–water partition coefficient (Wildman–Crippen LogP) is 3.99. The van der Waals surface area contributed by atoms with Crippen molar-refractivity contribution >= 4 is 12.2 Å². The number of aromatic amines is 1. The summed E-state index contributed by atoms with van der Waals surface area (Å²) in [7, 11) is 0. The van der Waals surface area contributed by atoms with E-state index in [9.17, 15) is 4.39 Å². The molecule has 1 heterocycles. The molecule has 4 heteroatoms. The highest BCUT2D eigenvalue weighted by Crippen LogP contribution is 2.13. The van der Waals surface area contributed by atoms with E-state index in [-0.39, 0.29) is 5.82 Å². The summed E-state index contributed by atoms with van der Waals surface area (Å²) in [4.78, 5) is 7.58. The fraction of sp³-hybridized carbons (Fsp3) is 0.286. The lowest BCUT2D eigenvalue weighted by atomic mass is 10.1. The molecular weight excluding hydrogens is 247 g/mol. The summed E-state index contributed by atoms with van der Waals surface area (Å²) in [6.45, 7) is 4.20. The summed E-state index contributed by atoms with van der Waals surface area (Å²) >= 11 is 5.15. The van der Waals surface area contributed by atoms with Gasteiger partial charge in [-0.15, -0.1) is 0 Å². The molecule has 0 bridgehead atoms. The van der Waals surface area contributed by atoms with Gasteiger partial charge in [-0.3, -0.25) is 0 Å². The van der Waals surface area contributed by atoms with Crippen LogP contribution in [0.1, 0.15) is 36.8 Å². The average molecular weight is 262 g/mol. The molecule has 0 saturated carbocycles. The second-order valence-electron chi connectivity index (χ2n) is 4.58. The first-order valence-corrected chi connectivity index (χ1v) is 6.30. The van der Waals surface area contributed by atoms with Crippen LogP contribution < -0.4 is 0 Å². The molecule has 0 aliphatic heterocycles. The number of hydrogen-bond donors (Lipinski definition) is 1. The number of halogens is 1. The van der Waals surface area contributed by atoms with Crippen molar-refractivity contribution in [3.05, 3.63) is 57.9 Å². The lowest BCUT2D eigenvalue weighted by Gasteiger charge is -2.08. The van der Waals surface area contributed by atoms with E-state index in [1.807, 2.05) is 6.07 Å². The smallest absolute Gasteiger partial charge is 0.130 e. The Labute approximate surface area is 111 Å².